The summed E-state index contributed by atoms with van der Waals surface area (Å²) in [6.45, 7) is 1.99. The van der Waals surface area contributed by atoms with Gasteiger partial charge >= 0.3 is 5.97 Å². The summed E-state index contributed by atoms with van der Waals surface area (Å²) >= 11 is 0. The predicted octanol–water partition coefficient (Wildman–Crippen LogP) is 4.08. The lowest BCUT2D eigenvalue weighted by Crippen LogP contribution is -2.15. The van der Waals surface area contributed by atoms with Crippen LogP contribution in [0.4, 0.5) is 0 Å². The number of allylic oxidation sites excluding steroid dienone is 7. The Kier molecular flexibility index (Phi) is 14.3. The van der Waals surface area contributed by atoms with Crippen molar-refractivity contribution in [2.75, 3.05) is 0 Å². The fourth-order valence-corrected chi connectivity index (χ4v) is 2.85. The van der Waals surface area contributed by atoms with E-state index in [-0.39, 0.29) is 18.5 Å². The number of esters is 1. The van der Waals surface area contributed by atoms with Gasteiger partial charge in [0.1, 0.15) is 6.10 Å². The second-order valence-electron chi connectivity index (χ2n) is 7.31. The second kappa shape index (κ2) is 16.6. The molecule has 4 unspecified atom stereocenters. The minimum atomic E-state index is -0.704. The highest BCUT2D eigenvalue weighted by molar-refractivity contribution is 5.82. The van der Waals surface area contributed by atoms with Gasteiger partial charge in [-0.1, -0.05) is 73.8 Å². The van der Waals surface area contributed by atoms with Crippen molar-refractivity contribution >= 4 is 5.97 Å². The summed E-state index contributed by atoms with van der Waals surface area (Å²) in [5.74, 6) is -0.360. The molecule has 0 saturated carbocycles. The van der Waals surface area contributed by atoms with Gasteiger partial charge in [-0.15, -0.1) is 0 Å². The maximum absolute atomic E-state index is 11.9. The summed E-state index contributed by atoms with van der Waals surface area (Å²) in [4.78, 5) is 11.9. The minimum absolute atomic E-state index is 0.107. The lowest BCUT2D eigenvalue weighted by molar-refractivity contribution is -0.143. The van der Waals surface area contributed by atoms with Gasteiger partial charge in [-0.05, 0) is 38.5 Å². The highest BCUT2D eigenvalue weighted by Crippen LogP contribution is 2.10. The monoisotopic (exact) mass is 416 g/mol. The topological polar surface area (TPSA) is 87.0 Å². The van der Waals surface area contributed by atoms with Crippen LogP contribution in [0, 0.1) is 0 Å². The van der Waals surface area contributed by atoms with E-state index < -0.39 is 18.3 Å². The third-order valence-electron chi connectivity index (χ3n) is 4.57. The average molecular weight is 417 g/mol. The summed E-state index contributed by atoms with van der Waals surface area (Å²) in [5, 5.41) is 29.8. The van der Waals surface area contributed by atoms with Crippen molar-refractivity contribution in [1.82, 2.24) is 0 Å². The van der Waals surface area contributed by atoms with Crippen molar-refractivity contribution in [3.63, 3.8) is 0 Å². The Balaban J connectivity index is 2.70. The second-order valence-corrected chi connectivity index (χ2v) is 7.31. The number of hydrogen-bond acceptors (Lipinski definition) is 5. The van der Waals surface area contributed by atoms with Crippen molar-refractivity contribution < 1.29 is 24.9 Å². The van der Waals surface area contributed by atoms with Gasteiger partial charge in [-0.3, -0.25) is 0 Å². The van der Waals surface area contributed by atoms with Gasteiger partial charge in [-0.25, -0.2) is 4.79 Å². The number of cyclic esters (lactones) is 1. The Morgan fingerprint density at radius 1 is 0.900 bits per heavy atom. The van der Waals surface area contributed by atoms with Crippen LogP contribution in [0.3, 0.4) is 0 Å². The molecule has 0 aromatic rings. The first kappa shape index (κ1) is 25.8. The van der Waals surface area contributed by atoms with E-state index in [0.717, 1.165) is 25.7 Å². The Morgan fingerprint density at radius 2 is 1.57 bits per heavy atom. The summed E-state index contributed by atoms with van der Waals surface area (Å²) in [5.41, 5.74) is 0. The molecule has 0 bridgehead atoms. The van der Waals surface area contributed by atoms with E-state index in [0.29, 0.717) is 12.8 Å². The van der Waals surface area contributed by atoms with Crippen LogP contribution in [-0.4, -0.2) is 45.7 Å². The Hall–Kier alpha value is -2.21. The molecule has 4 atom stereocenters. The molecule has 0 saturated heterocycles. The summed E-state index contributed by atoms with van der Waals surface area (Å²) in [7, 11) is 0. The van der Waals surface area contributed by atoms with Gasteiger partial charge < -0.3 is 20.1 Å². The maximum atomic E-state index is 11.9. The van der Waals surface area contributed by atoms with E-state index in [9.17, 15) is 20.1 Å². The molecule has 0 amide bonds. The van der Waals surface area contributed by atoms with Crippen molar-refractivity contribution in [2.24, 2.45) is 0 Å². The molecule has 0 spiro atoms. The van der Waals surface area contributed by atoms with E-state index in [1.54, 1.807) is 54.7 Å². The number of carbonyl (C=O) groups is 1. The molecule has 166 valence electrons. The summed E-state index contributed by atoms with van der Waals surface area (Å²) in [6.07, 6.45) is 23.2. The van der Waals surface area contributed by atoms with Crippen LogP contribution in [0.1, 0.15) is 51.9 Å². The van der Waals surface area contributed by atoms with Crippen molar-refractivity contribution in [3.8, 4) is 0 Å². The van der Waals surface area contributed by atoms with E-state index in [1.807, 2.05) is 19.1 Å². The molecule has 1 heterocycles. The SMILES string of the molecule is CCC1CCC/C=C/C=C/C(O)CC(O)C/C=C\C=C\C(O)C/C=C/C=C\C(=O)O1. The molecule has 0 aromatic heterocycles. The van der Waals surface area contributed by atoms with Crippen LogP contribution < -0.4 is 0 Å². The molecule has 1 aliphatic rings. The van der Waals surface area contributed by atoms with Crippen LogP contribution in [0.25, 0.3) is 0 Å². The average Bonchev–Trinajstić information content (AvgIpc) is 2.70. The van der Waals surface area contributed by atoms with E-state index >= 15 is 0 Å². The van der Waals surface area contributed by atoms with Gasteiger partial charge in [0.25, 0.3) is 0 Å². The minimum Gasteiger partial charge on any atom is -0.459 e. The molecule has 5 nitrogen and oxygen atoms in total. The van der Waals surface area contributed by atoms with Crippen molar-refractivity contribution in [3.05, 3.63) is 72.9 Å². The van der Waals surface area contributed by atoms with Crippen molar-refractivity contribution in [2.45, 2.75) is 76.3 Å². The fourth-order valence-electron chi connectivity index (χ4n) is 2.85. The molecular formula is C25H36O5. The molecule has 3 N–H and O–H groups in total. The standard InChI is InChI=1S/C25H36O5/c1-2-24-18-12-5-3-4-8-16-22(27)20-23(28)17-11-6-9-14-21(26)15-10-7-13-19-25(29)30-24/h3-4,6-11,13-14,16,19,21-24,26-28H,2,5,12,15,17-18,20H2,1H3/b4-3+,10-7+,11-6-,14-9+,16-8+,19-13-. The summed E-state index contributed by atoms with van der Waals surface area (Å²) < 4.78 is 5.46. The van der Waals surface area contributed by atoms with Crippen LogP contribution in [0.2, 0.25) is 0 Å². The van der Waals surface area contributed by atoms with Gasteiger partial charge in [0, 0.05) is 12.5 Å². The number of hydrogen-bond donors (Lipinski definition) is 3. The van der Waals surface area contributed by atoms with Crippen LogP contribution in [0.5, 0.6) is 0 Å². The number of carbonyl (C=O) groups excluding carboxylic acids is 1. The van der Waals surface area contributed by atoms with Crippen LogP contribution >= 0.6 is 0 Å². The molecule has 0 aromatic carbocycles. The zero-order valence-corrected chi connectivity index (χ0v) is 17.8. The molecule has 0 fully saturated rings. The van der Waals surface area contributed by atoms with Crippen LogP contribution in [-0.2, 0) is 9.53 Å². The molecule has 5 heteroatoms. The highest BCUT2D eigenvalue weighted by atomic mass is 16.5. The number of aliphatic hydroxyl groups is 3. The van der Waals surface area contributed by atoms with Crippen molar-refractivity contribution in [1.29, 1.82) is 0 Å². The van der Waals surface area contributed by atoms with E-state index in [4.69, 9.17) is 4.74 Å². The molecular weight excluding hydrogens is 380 g/mol. The van der Waals surface area contributed by atoms with Gasteiger partial charge in [-0.2, -0.15) is 0 Å². The van der Waals surface area contributed by atoms with E-state index in [2.05, 4.69) is 0 Å². The normalized spacial score (nSPS) is 34.6. The molecule has 0 radical (unpaired) electrons. The number of rotatable bonds is 1. The predicted molar refractivity (Wildman–Crippen MR) is 121 cm³/mol. The lowest BCUT2D eigenvalue weighted by Gasteiger charge is -2.14. The molecule has 30 heavy (non-hydrogen) atoms. The summed E-state index contributed by atoms with van der Waals surface area (Å²) in [6, 6.07) is 0. The van der Waals surface area contributed by atoms with Gasteiger partial charge in [0.05, 0.1) is 18.3 Å². The first-order chi connectivity index (χ1) is 14.5. The smallest absolute Gasteiger partial charge is 0.331 e. The molecule has 0 aliphatic carbocycles. The Morgan fingerprint density at radius 3 is 2.33 bits per heavy atom. The largest absolute Gasteiger partial charge is 0.459 e. The first-order valence-electron chi connectivity index (χ1n) is 10.8. The molecule has 1 aliphatic heterocycles. The third kappa shape index (κ3) is 13.9. The zero-order chi connectivity index (χ0) is 22.0. The van der Waals surface area contributed by atoms with E-state index in [1.165, 1.54) is 6.08 Å². The first-order valence-corrected chi connectivity index (χ1v) is 10.8. The number of ether oxygens (including phenoxy) is 1. The van der Waals surface area contributed by atoms with Crippen LogP contribution in [0.15, 0.2) is 72.9 Å². The third-order valence-corrected chi connectivity index (χ3v) is 4.57. The highest BCUT2D eigenvalue weighted by Gasteiger charge is 2.10. The van der Waals surface area contributed by atoms with Gasteiger partial charge in [0.15, 0.2) is 0 Å². The maximum Gasteiger partial charge on any atom is 0.331 e. The fraction of sp³-hybridized carbons (Fsp3) is 0.480. The lowest BCUT2D eigenvalue weighted by atomic mass is 10.1. The Labute approximate surface area is 180 Å². The molecule has 1 rings (SSSR count). The quantitative estimate of drug-likeness (QED) is 0.561. The Bertz CT molecular complexity index is 642. The zero-order valence-electron chi connectivity index (χ0n) is 17.8. The van der Waals surface area contributed by atoms with Gasteiger partial charge in [0.2, 0.25) is 0 Å². The number of aliphatic hydroxyl groups excluding tert-OH is 3.